The van der Waals surface area contributed by atoms with Crippen molar-refractivity contribution >= 4 is 11.8 Å². The number of amides is 2. The molecule has 4 heteroatoms. The molecule has 4 nitrogen and oxygen atoms in total. The second-order valence-electron chi connectivity index (χ2n) is 2.67. The van der Waals surface area contributed by atoms with Gasteiger partial charge in [-0.2, -0.15) is 0 Å². The fourth-order valence-corrected chi connectivity index (χ4v) is 1.12. The summed E-state index contributed by atoms with van der Waals surface area (Å²) in [6.45, 7) is 0.0331. The molecule has 1 aliphatic rings. The molecule has 1 atom stereocenters. The van der Waals surface area contributed by atoms with Crippen LogP contribution >= 0.6 is 0 Å². The molecular formula is C8H10N2O2. The first-order valence-corrected chi connectivity index (χ1v) is 3.70. The van der Waals surface area contributed by atoms with Gasteiger partial charge in [0.2, 0.25) is 11.8 Å². The first-order valence-electron chi connectivity index (χ1n) is 3.70. The minimum absolute atomic E-state index is 0.0331. The van der Waals surface area contributed by atoms with Crippen LogP contribution in [-0.4, -0.2) is 29.3 Å². The van der Waals surface area contributed by atoms with E-state index in [2.05, 4.69) is 5.92 Å². The average Bonchev–Trinajstić information content (AvgIpc) is 2.06. The lowest BCUT2D eigenvalue weighted by molar-refractivity contribution is -0.148. The number of terminal acetylenes is 1. The highest BCUT2D eigenvalue weighted by Crippen LogP contribution is 2.10. The molecule has 0 bridgehead atoms. The Kier molecular flexibility index (Phi) is 2.46. The molecule has 0 radical (unpaired) electrons. The number of carbonyl (C=O) groups is 2. The van der Waals surface area contributed by atoms with Crippen molar-refractivity contribution in [1.82, 2.24) is 4.90 Å². The van der Waals surface area contributed by atoms with Crippen LogP contribution in [0.4, 0.5) is 0 Å². The number of rotatable bonds is 1. The summed E-state index contributed by atoms with van der Waals surface area (Å²) in [5, 5.41) is 0. The maximum atomic E-state index is 11.2. The van der Waals surface area contributed by atoms with E-state index in [-0.39, 0.29) is 18.4 Å². The van der Waals surface area contributed by atoms with Gasteiger partial charge in [0.05, 0.1) is 12.6 Å². The van der Waals surface area contributed by atoms with Crippen molar-refractivity contribution in [2.45, 2.75) is 18.9 Å². The molecule has 2 amide bonds. The Balaban J connectivity index is 2.73. The van der Waals surface area contributed by atoms with Crippen molar-refractivity contribution in [3.05, 3.63) is 0 Å². The van der Waals surface area contributed by atoms with E-state index < -0.39 is 6.04 Å². The molecule has 2 N–H and O–H groups in total. The minimum Gasteiger partial charge on any atom is -0.320 e. The van der Waals surface area contributed by atoms with E-state index in [1.807, 2.05) is 0 Å². The van der Waals surface area contributed by atoms with Gasteiger partial charge in [0, 0.05) is 6.42 Å². The highest BCUT2D eigenvalue weighted by molar-refractivity contribution is 6.00. The molecule has 12 heavy (non-hydrogen) atoms. The van der Waals surface area contributed by atoms with E-state index in [1.54, 1.807) is 0 Å². The summed E-state index contributed by atoms with van der Waals surface area (Å²) in [7, 11) is 0. The molecule has 1 saturated heterocycles. The lowest BCUT2D eigenvalue weighted by Gasteiger charge is -2.26. The minimum atomic E-state index is -0.559. The summed E-state index contributed by atoms with van der Waals surface area (Å²) in [5.41, 5.74) is 5.45. The molecule has 64 valence electrons. The van der Waals surface area contributed by atoms with Gasteiger partial charge >= 0.3 is 0 Å². The van der Waals surface area contributed by atoms with Gasteiger partial charge in [0.15, 0.2) is 0 Å². The van der Waals surface area contributed by atoms with Crippen LogP contribution in [0.3, 0.4) is 0 Å². The van der Waals surface area contributed by atoms with Gasteiger partial charge in [0.1, 0.15) is 0 Å². The van der Waals surface area contributed by atoms with Crippen molar-refractivity contribution in [2.24, 2.45) is 5.73 Å². The van der Waals surface area contributed by atoms with Crippen LogP contribution < -0.4 is 5.73 Å². The highest BCUT2D eigenvalue weighted by atomic mass is 16.2. The predicted octanol–water partition coefficient (Wildman–Crippen LogP) is -0.904. The summed E-state index contributed by atoms with van der Waals surface area (Å²) in [5.74, 6) is 1.67. The van der Waals surface area contributed by atoms with Crippen LogP contribution in [0.1, 0.15) is 12.8 Å². The largest absolute Gasteiger partial charge is 0.320 e. The normalized spacial score (nSPS) is 24.0. The molecule has 0 aromatic rings. The van der Waals surface area contributed by atoms with Crippen LogP contribution in [0.2, 0.25) is 0 Å². The quantitative estimate of drug-likeness (QED) is 0.405. The maximum absolute atomic E-state index is 11.2. The van der Waals surface area contributed by atoms with E-state index in [0.717, 1.165) is 4.90 Å². The number of hydrogen-bond donors (Lipinski definition) is 1. The molecule has 0 spiro atoms. The van der Waals surface area contributed by atoms with Crippen molar-refractivity contribution in [2.75, 3.05) is 6.54 Å². The van der Waals surface area contributed by atoms with Gasteiger partial charge in [-0.25, -0.2) is 0 Å². The highest BCUT2D eigenvalue weighted by Gasteiger charge is 2.30. The molecule has 0 aromatic carbocycles. The molecule has 0 aliphatic carbocycles. The van der Waals surface area contributed by atoms with E-state index in [9.17, 15) is 9.59 Å². The fourth-order valence-electron chi connectivity index (χ4n) is 1.12. The standard InChI is InChI=1S/C8H10N2O2/c1-2-5-10-7(11)4-3-6(9)8(10)12/h1,6H,3-5,9H2. The first kappa shape index (κ1) is 8.75. The van der Waals surface area contributed by atoms with Crippen LogP contribution in [-0.2, 0) is 9.59 Å². The zero-order valence-electron chi connectivity index (χ0n) is 6.62. The maximum Gasteiger partial charge on any atom is 0.246 e. The van der Waals surface area contributed by atoms with Gasteiger partial charge < -0.3 is 5.73 Å². The molecule has 1 heterocycles. The molecule has 1 unspecified atom stereocenters. The Bertz CT molecular complexity index is 254. The Labute approximate surface area is 70.7 Å². The number of imide groups is 1. The topological polar surface area (TPSA) is 63.4 Å². The zero-order valence-corrected chi connectivity index (χ0v) is 6.62. The average molecular weight is 166 g/mol. The van der Waals surface area contributed by atoms with Crippen molar-refractivity contribution < 1.29 is 9.59 Å². The van der Waals surface area contributed by atoms with Gasteiger partial charge in [0.25, 0.3) is 0 Å². The number of piperidine rings is 1. The summed E-state index contributed by atoms with van der Waals surface area (Å²) in [6.07, 6.45) is 5.74. The smallest absolute Gasteiger partial charge is 0.246 e. The summed E-state index contributed by atoms with van der Waals surface area (Å²) >= 11 is 0. The lowest BCUT2D eigenvalue weighted by Crippen LogP contribution is -2.51. The lowest BCUT2D eigenvalue weighted by atomic mass is 10.1. The fraction of sp³-hybridized carbons (Fsp3) is 0.500. The van der Waals surface area contributed by atoms with Crippen LogP contribution in [0.15, 0.2) is 0 Å². The van der Waals surface area contributed by atoms with Gasteiger partial charge in [-0.1, -0.05) is 5.92 Å². The van der Waals surface area contributed by atoms with Crippen molar-refractivity contribution in [3.8, 4) is 12.3 Å². The van der Waals surface area contributed by atoms with Gasteiger partial charge in [-0.3, -0.25) is 14.5 Å². The Hall–Kier alpha value is -1.34. The third-order valence-corrected chi connectivity index (χ3v) is 1.80. The van der Waals surface area contributed by atoms with Gasteiger partial charge in [-0.05, 0) is 6.42 Å². The summed E-state index contributed by atoms with van der Waals surface area (Å²) in [4.78, 5) is 23.3. The molecule has 0 saturated carbocycles. The zero-order chi connectivity index (χ0) is 9.14. The van der Waals surface area contributed by atoms with Crippen LogP contribution in [0, 0.1) is 12.3 Å². The second-order valence-corrected chi connectivity index (χ2v) is 2.67. The molecule has 1 aliphatic heterocycles. The van der Waals surface area contributed by atoms with Gasteiger partial charge in [-0.15, -0.1) is 6.42 Å². The SMILES string of the molecule is C#CCN1C(=O)CCC(N)C1=O. The number of hydrogen-bond acceptors (Lipinski definition) is 3. The number of nitrogens with two attached hydrogens (primary N) is 1. The third kappa shape index (κ3) is 1.46. The number of nitrogens with zero attached hydrogens (tertiary/aromatic N) is 1. The van der Waals surface area contributed by atoms with E-state index in [1.165, 1.54) is 0 Å². The Morgan fingerprint density at radius 3 is 2.92 bits per heavy atom. The summed E-state index contributed by atoms with van der Waals surface area (Å²) in [6, 6.07) is -0.559. The Morgan fingerprint density at radius 1 is 1.67 bits per heavy atom. The first-order chi connectivity index (χ1) is 5.66. The molecule has 1 rings (SSSR count). The van der Waals surface area contributed by atoms with Crippen LogP contribution in [0.5, 0.6) is 0 Å². The number of likely N-dealkylation sites (tertiary alicyclic amines) is 1. The van der Waals surface area contributed by atoms with E-state index in [0.29, 0.717) is 12.8 Å². The van der Waals surface area contributed by atoms with Crippen LogP contribution in [0.25, 0.3) is 0 Å². The van der Waals surface area contributed by atoms with E-state index in [4.69, 9.17) is 12.2 Å². The molecule has 1 fully saturated rings. The van der Waals surface area contributed by atoms with Crippen molar-refractivity contribution in [1.29, 1.82) is 0 Å². The summed E-state index contributed by atoms with van der Waals surface area (Å²) < 4.78 is 0. The number of carbonyl (C=O) groups excluding carboxylic acids is 2. The monoisotopic (exact) mass is 166 g/mol. The molecular weight excluding hydrogens is 156 g/mol. The van der Waals surface area contributed by atoms with E-state index >= 15 is 0 Å². The Morgan fingerprint density at radius 2 is 2.33 bits per heavy atom. The van der Waals surface area contributed by atoms with Crippen molar-refractivity contribution in [3.63, 3.8) is 0 Å². The second kappa shape index (κ2) is 3.37. The third-order valence-electron chi connectivity index (χ3n) is 1.80. The predicted molar refractivity (Wildman–Crippen MR) is 42.8 cm³/mol. The molecule has 0 aromatic heterocycles.